The van der Waals surface area contributed by atoms with Gasteiger partial charge in [0.05, 0.1) is 12.3 Å². The molecule has 0 radical (unpaired) electrons. The number of hydrogen-bond donors (Lipinski definition) is 1. The molecule has 0 aliphatic rings. The molecule has 0 bridgehead atoms. The summed E-state index contributed by atoms with van der Waals surface area (Å²) in [5.74, 6) is 1.58. The molecule has 2 rings (SSSR count). The molecule has 2 aromatic rings. The largest absolute Gasteiger partial charge is 0.493 e. The second-order valence-corrected chi connectivity index (χ2v) is 6.30. The average molecular weight is 363 g/mol. The Bertz CT molecular complexity index is 654. The number of nitrogens with zero attached hydrogens (tertiary/aromatic N) is 1. The lowest BCUT2D eigenvalue weighted by molar-refractivity contribution is 0.102. The standard InChI is InChI=1S/C17H19BrN2O2/c1-11(2)10-22-14-6-4-13(5-7-14)17(21)20-16-9-8-15(18)12(3)19-16/h4-9,11H,10H2,1-3H3,(H,19,20,21). The molecule has 0 fully saturated rings. The predicted octanol–water partition coefficient (Wildman–Crippen LogP) is 4.44. The van der Waals surface area contributed by atoms with Gasteiger partial charge >= 0.3 is 0 Å². The van der Waals surface area contributed by atoms with Crippen molar-refractivity contribution in [2.24, 2.45) is 5.92 Å². The lowest BCUT2D eigenvalue weighted by Gasteiger charge is -2.09. The first kappa shape index (κ1) is 16.5. The van der Waals surface area contributed by atoms with Gasteiger partial charge in [0.1, 0.15) is 11.6 Å². The van der Waals surface area contributed by atoms with Crippen LogP contribution in [0.15, 0.2) is 40.9 Å². The Kier molecular flexibility index (Phi) is 5.55. The molecule has 0 unspecified atom stereocenters. The maximum absolute atomic E-state index is 12.2. The topological polar surface area (TPSA) is 51.2 Å². The average Bonchev–Trinajstić information content (AvgIpc) is 2.49. The molecule has 0 spiro atoms. The van der Waals surface area contributed by atoms with Crippen LogP contribution in [0.1, 0.15) is 29.9 Å². The number of anilines is 1. The Hall–Kier alpha value is -1.88. The van der Waals surface area contributed by atoms with Crippen LogP contribution in [0, 0.1) is 12.8 Å². The number of pyridine rings is 1. The van der Waals surface area contributed by atoms with Crippen molar-refractivity contribution in [3.05, 3.63) is 52.1 Å². The Labute approximate surface area is 139 Å². The van der Waals surface area contributed by atoms with E-state index in [1.165, 1.54) is 0 Å². The quantitative estimate of drug-likeness (QED) is 0.855. The number of hydrogen-bond acceptors (Lipinski definition) is 3. The summed E-state index contributed by atoms with van der Waals surface area (Å²) in [6.45, 7) is 6.72. The number of benzene rings is 1. The van der Waals surface area contributed by atoms with Crippen LogP contribution in [0.25, 0.3) is 0 Å². The summed E-state index contributed by atoms with van der Waals surface area (Å²) in [5.41, 5.74) is 1.40. The zero-order valence-electron chi connectivity index (χ0n) is 12.9. The second-order valence-electron chi connectivity index (χ2n) is 5.45. The van der Waals surface area contributed by atoms with Gasteiger partial charge in [-0.25, -0.2) is 4.98 Å². The van der Waals surface area contributed by atoms with Crippen molar-refractivity contribution in [2.45, 2.75) is 20.8 Å². The third-order valence-corrected chi connectivity index (χ3v) is 3.80. The van der Waals surface area contributed by atoms with Gasteiger partial charge in [-0.15, -0.1) is 0 Å². The SMILES string of the molecule is Cc1nc(NC(=O)c2ccc(OCC(C)C)cc2)ccc1Br. The molecule has 116 valence electrons. The van der Waals surface area contributed by atoms with Crippen LogP contribution in [0.4, 0.5) is 5.82 Å². The van der Waals surface area contributed by atoms with Gasteiger partial charge in [-0.05, 0) is 65.2 Å². The molecule has 0 atom stereocenters. The van der Waals surface area contributed by atoms with Gasteiger partial charge in [0.25, 0.3) is 5.91 Å². The highest BCUT2D eigenvalue weighted by molar-refractivity contribution is 9.10. The number of rotatable bonds is 5. The molecule has 0 aliphatic carbocycles. The summed E-state index contributed by atoms with van der Waals surface area (Å²) >= 11 is 3.38. The molecule has 0 saturated carbocycles. The van der Waals surface area contributed by atoms with Crippen LogP contribution in [0.2, 0.25) is 0 Å². The van der Waals surface area contributed by atoms with E-state index in [0.29, 0.717) is 23.9 Å². The van der Waals surface area contributed by atoms with Gasteiger partial charge in [-0.3, -0.25) is 4.79 Å². The van der Waals surface area contributed by atoms with Gasteiger partial charge < -0.3 is 10.1 Å². The highest BCUT2D eigenvalue weighted by atomic mass is 79.9. The fourth-order valence-electron chi connectivity index (χ4n) is 1.77. The number of ether oxygens (including phenoxy) is 1. The lowest BCUT2D eigenvalue weighted by Crippen LogP contribution is -2.13. The summed E-state index contributed by atoms with van der Waals surface area (Å²) in [5, 5.41) is 2.78. The fraction of sp³-hybridized carbons (Fsp3) is 0.294. The van der Waals surface area contributed by atoms with Crippen molar-refractivity contribution < 1.29 is 9.53 Å². The number of nitrogens with one attached hydrogen (secondary N) is 1. The van der Waals surface area contributed by atoms with Crippen molar-refractivity contribution in [2.75, 3.05) is 11.9 Å². The fourth-order valence-corrected chi connectivity index (χ4v) is 1.99. The number of carbonyl (C=O) groups is 1. The predicted molar refractivity (Wildman–Crippen MR) is 91.4 cm³/mol. The highest BCUT2D eigenvalue weighted by Crippen LogP contribution is 2.18. The van der Waals surface area contributed by atoms with Gasteiger partial charge in [0.15, 0.2) is 0 Å². The third kappa shape index (κ3) is 4.56. The van der Waals surface area contributed by atoms with Crippen molar-refractivity contribution in [3.8, 4) is 5.75 Å². The van der Waals surface area contributed by atoms with E-state index < -0.39 is 0 Å². The third-order valence-electron chi connectivity index (χ3n) is 2.96. The first-order chi connectivity index (χ1) is 10.5. The molecule has 1 N–H and O–H groups in total. The van der Waals surface area contributed by atoms with E-state index in [2.05, 4.69) is 40.1 Å². The number of carbonyl (C=O) groups excluding carboxylic acids is 1. The number of halogens is 1. The van der Waals surface area contributed by atoms with E-state index in [9.17, 15) is 4.79 Å². The van der Waals surface area contributed by atoms with Crippen LogP contribution in [0.3, 0.4) is 0 Å². The minimum Gasteiger partial charge on any atom is -0.493 e. The van der Waals surface area contributed by atoms with E-state index in [1.54, 1.807) is 30.3 Å². The molecule has 1 aromatic heterocycles. The summed E-state index contributed by atoms with van der Waals surface area (Å²) < 4.78 is 6.51. The van der Waals surface area contributed by atoms with E-state index in [4.69, 9.17) is 4.74 Å². The molecular weight excluding hydrogens is 344 g/mol. The summed E-state index contributed by atoms with van der Waals surface area (Å²) in [4.78, 5) is 16.5. The Morgan fingerprint density at radius 2 is 1.91 bits per heavy atom. The van der Waals surface area contributed by atoms with Gasteiger partial charge in [-0.2, -0.15) is 0 Å². The van der Waals surface area contributed by atoms with Crippen LogP contribution >= 0.6 is 15.9 Å². The van der Waals surface area contributed by atoms with Crippen molar-refractivity contribution >= 4 is 27.7 Å². The van der Waals surface area contributed by atoms with Crippen molar-refractivity contribution in [1.82, 2.24) is 4.98 Å². The number of aromatic nitrogens is 1. The van der Waals surface area contributed by atoms with Gasteiger partial charge in [0, 0.05) is 10.0 Å². The highest BCUT2D eigenvalue weighted by Gasteiger charge is 2.08. The minimum atomic E-state index is -0.190. The molecule has 0 aliphatic heterocycles. The van der Waals surface area contributed by atoms with Gasteiger partial charge in [-0.1, -0.05) is 13.8 Å². The molecule has 1 aromatic carbocycles. The summed E-state index contributed by atoms with van der Waals surface area (Å²) in [7, 11) is 0. The Balaban J connectivity index is 2.01. The number of aryl methyl sites for hydroxylation is 1. The molecule has 1 heterocycles. The molecule has 0 saturated heterocycles. The normalized spacial score (nSPS) is 10.6. The molecule has 22 heavy (non-hydrogen) atoms. The first-order valence-electron chi connectivity index (χ1n) is 7.13. The second kappa shape index (κ2) is 7.40. The molecule has 1 amide bonds. The Morgan fingerprint density at radius 3 is 2.50 bits per heavy atom. The van der Waals surface area contributed by atoms with Crippen molar-refractivity contribution in [3.63, 3.8) is 0 Å². The number of amides is 1. The zero-order valence-corrected chi connectivity index (χ0v) is 14.5. The van der Waals surface area contributed by atoms with E-state index in [1.807, 2.05) is 13.0 Å². The van der Waals surface area contributed by atoms with Crippen LogP contribution in [-0.2, 0) is 0 Å². The molecular formula is C17H19BrN2O2. The molecule has 5 heteroatoms. The van der Waals surface area contributed by atoms with Crippen molar-refractivity contribution in [1.29, 1.82) is 0 Å². The first-order valence-corrected chi connectivity index (χ1v) is 7.92. The summed E-state index contributed by atoms with van der Waals surface area (Å²) in [6.07, 6.45) is 0. The van der Waals surface area contributed by atoms with E-state index in [0.717, 1.165) is 15.9 Å². The smallest absolute Gasteiger partial charge is 0.256 e. The van der Waals surface area contributed by atoms with Gasteiger partial charge in [0.2, 0.25) is 0 Å². The maximum Gasteiger partial charge on any atom is 0.256 e. The monoisotopic (exact) mass is 362 g/mol. The summed E-state index contributed by atoms with van der Waals surface area (Å²) in [6, 6.07) is 10.7. The maximum atomic E-state index is 12.2. The molecule has 4 nitrogen and oxygen atoms in total. The van der Waals surface area contributed by atoms with Crippen LogP contribution in [0.5, 0.6) is 5.75 Å². The zero-order chi connectivity index (χ0) is 16.1. The lowest BCUT2D eigenvalue weighted by atomic mass is 10.2. The van der Waals surface area contributed by atoms with Crippen LogP contribution < -0.4 is 10.1 Å². The van der Waals surface area contributed by atoms with E-state index in [-0.39, 0.29) is 5.91 Å². The minimum absolute atomic E-state index is 0.190. The van der Waals surface area contributed by atoms with Crippen LogP contribution in [-0.4, -0.2) is 17.5 Å². The Morgan fingerprint density at radius 1 is 1.23 bits per heavy atom. The van der Waals surface area contributed by atoms with E-state index >= 15 is 0 Å².